The highest BCUT2D eigenvalue weighted by Gasteiger charge is 2.25. The van der Waals surface area contributed by atoms with Crippen molar-refractivity contribution in [1.29, 1.82) is 0 Å². The van der Waals surface area contributed by atoms with Crippen LogP contribution in [0.5, 0.6) is 5.75 Å². The number of hydrogen-bond donors (Lipinski definition) is 1. The third-order valence-corrected chi connectivity index (χ3v) is 3.42. The van der Waals surface area contributed by atoms with Crippen molar-refractivity contribution in [2.24, 2.45) is 5.92 Å². The van der Waals surface area contributed by atoms with Crippen molar-refractivity contribution in [3.63, 3.8) is 0 Å². The van der Waals surface area contributed by atoms with Gasteiger partial charge in [-0.05, 0) is 24.6 Å². The predicted octanol–water partition coefficient (Wildman–Crippen LogP) is 3.27. The maximum Gasteiger partial charge on any atom is 0.215 e. The van der Waals surface area contributed by atoms with Gasteiger partial charge in [0.1, 0.15) is 0 Å². The highest BCUT2D eigenvalue weighted by molar-refractivity contribution is 9.10. The van der Waals surface area contributed by atoms with Gasteiger partial charge in [0, 0.05) is 10.4 Å². The summed E-state index contributed by atoms with van der Waals surface area (Å²) >= 11 is 3.21. The lowest BCUT2D eigenvalue weighted by Gasteiger charge is -2.21. The second-order valence-corrected chi connectivity index (χ2v) is 5.18. The van der Waals surface area contributed by atoms with Gasteiger partial charge >= 0.3 is 0 Å². The maximum absolute atomic E-state index is 13.8. The average Bonchev–Trinajstić information content (AvgIpc) is 2.91. The largest absolute Gasteiger partial charge is 0.479 e. The quantitative estimate of drug-likeness (QED) is 0.914. The van der Waals surface area contributed by atoms with Gasteiger partial charge in [0.15, 0.2) is 17.7 Å². The first-order chi connectivity index (χ1) is 9.11. The summed E-state index contributed by atoms with van der Waals surface area (Å²) in [6.07, 6.45) is 0.427. The SMILES string of the molecule is CCC(C)C(Oc1ccc(Br)cc1F)c1nn[nH]n1. The Morgan fingerprint density at radius 3 is 2.84 bits per heavy atom. The number of aromatic nitrogens is 4. The van der Waals surface area contributed by atoms with Gasteiger partial charge in [0.2, 0.25) is 5.82 Å². The lowest BCUT2D eigenvalue weighted by atomic mass is 10.0. The van der Waals surface area contributed by atoms with Crippen molar-refractivity contribution in [2.45, 2.75) is 26.4 Å². The summed E-state index contributed by atoms with van der Waals surface area (Å²) in [4.78, 5) is 0. The molecule has 2 atom stereocenters. The molecule has 0 aliphatic heterocycles. The second kappa shape index (κ2) is 6.10. The van der Waals surface area contributed by atoms with Gasteiger partial charge in [-0.15, -0.1) is 10.2 Å². The van der Waals surface area contributed by atoms with Gasteiger partial charge in [0.25, 0.3) is 0 Å². The standard InChI is InChI=1S/C12H14BrFN4O/c1-3-7(2)11(12-15-17-18-16-12)19-10-5-4-8(13)6-9(10)14/h4-7,11H,3H2,1-2H3,(H,15,16,17,18). The van der Waals surface area contributed by atoms with Crippen molar-refractivity contribution in [3.8, 4) is 5.75 Å². The zero-order chi connectivity index (χ0) is 13.8. The number of aromatic amines is 1. The molecule has 1 heterocycles. The lowest BCUT2D eigenvalue weighted by molar-refractivity contribution is 0.127. The third-order valence-electron chi connectivity index (χ3n) is 2.92. The fourth-order valence-electron chi connectivity index (χ4n) is 1.64. The number of tetrazole rings is 1. The van der Waals surface area contributed by atoms with Gasteiger partial charge in [0.05, 0.1) is 0 Å². The number of nitrogens with one attached hydrogen (secondary N) is 1. The molecule has 7 heteroatoms. The van der Waals surface area contributed by atoms with Gasteiger partial charge in [-0.2, -0.15) is 5.21 Å². The molecule has 0 bridgehead atoms. The molecule has 0 amide bonds. The van der Waals surface area contributed by atoms with Crippen molar-refractivity contribution >= 4 is 15.9 Å². The van der Waals surface area contributed by atoms with Crippen LogP contribution in [0.1, 0.15) is 32.2 Å². The number of ether oxygens (including phenoxy) is 1. The van der Waals surface area contributed by atoms with E-state index in [1.54, 1.807) is 12.1 Å². The van der Waals surface area contributed by atoms with Crippen LogP contribution in [0, 0.1) is 11.7 Å². The summed E-state index contributed by atoms with van der Waals surface area (Å²) in [5.74, 6) is 0.321. The van der Waals surface area contributed by atoms with E-state index >= 15 is 0 Å². The summed E-state index contributed by atoms with van der Waals surface area (Å²) in [7, 11) is 0. The number of benzene rings is 1. The zero-order valence-corrected chi connectivity index (χ0v) is 12.2. The minimum absolute atomic E-state index is 0.139. The third kappa shape index (κ3) is 3.28. The highest BCUT2D eigenvalue weighted by atomic mass is 79.9. The summed E-state index contributed by atoms with van der Waals surface area (Å²) in [6.45, 7) is 4.02. The minimum atomic E-state index is -0.431. The summed E-state index contributed by atoms with van der Waals surface area (Å²) < 4.78 is 20.2. The van der Waals surface area contributed by atoms with Gasteiger partial charge in [-0.3, -0.25) is 0 Å². The Morgan fingerprint density at radius 1 is 1.47 bits per heavy atom. The topological polar surface area (TPSA) is 63.7 Å². The van der Waals surface area contributed by atoms with E-state index in [1.165, 1.54) is 6.07 Å². The number of H-pyrrole nitrogens is 1. The van der Waals surface area contributed by atoms with E-state index in [2.05, 4.69) is 36.6 Å². The first-order valence-corrected chi connectivity index (χ1v) is 6.76. The van der Waals surface area contributed by atoms with Crippen molar-refractivity contribution in [3.05, 3.63) is 34.3 Å². The molecule has 102 valence electrons. The monoisotopic (exact) mass is 328 g/mol. The van der Waals surface area contributed by atoms with E-state index in [9.17, 15) is 4.39 Å². The maximum atomic E-state index is 13.8. The number of hydrogen-bond acceptors (Lipinski definition) is 4. The molecule has 5 nitrogen and oxygen atoms in total. The minimum Gasteiger partial charge on any atom is -0.479 e. The first kappa shape index (κ1) is 13.9. The van der Waals surface area contributed by atoms with E-state index in [4.69, 9.17) is 4.74 Å². The van der Waals surface area contributed by atoms with Crippen LogP contribution in [-0.4, -0.2) is 20.6 Å². The summed E-state index contributed by atoms with van der Waals surface area (Å²) in [5, 5.41) is 13.8. The molecule has 0 spiro atoms. The first-order valence-electron chi connectivity index (χ1n) is 5.96. The van der Waals surface area contributed by atoms with Crippen molar-refractivity contribution < 1.29 is 9.13 Å². The smallest absolute Gasteiger partial charge is 0.215 e. The molecule has 0 fully saturated rings. The van der Waals surface area contributed by atoms with Crippen LogP contribution in [0.25, 0.3) is 0 Å². The fraction of sp³-hybridized carbons (Fsp3) is 0.417. The Labute approximate surface area is 118 Å². The Morgan fingerprint density at radius 2 is 2.26 bits per heavy atom. The second-order valence-electron chi connectivity index (χ2n) is 4.27. The van der Waals surface area contributed by atoms with Gasteiger partial charge in [-0.1, -0.05) is 35.0 Å². The molecule has 2 aromatic rings. The number of rotatable bonds is 5. The van der Waals surface area contributed by atoms with Crippen molar-refractivity contribution in [2.75, 3.05) is 0 Å². The highest BCUT2D eigenvalue weighted by Crippen LogP contribution is 2.30. The average molecular weight is 329 g/mol. The molecule has 0 radical (unpaired) electrons. The Hall–Kier alpha value is -1.50. The predicted molar refractivity (Wildman–Crippen MR) is 71.1 cm³/mol. The van der Waals surface area contributed by atoms with E-state index in [-0.39, 0.29) is 11.7 Å². The van der Waals surface area contributed by atoms with Crippen LogP contribution in [0.3, 0.4) is 0 Å². The Kier molecular flexibility index (Phi) is 4.47. The van der Waals surface area contributed by atoms with Crippen molar-refractivity contribution in [1.82, 2.24) is 20.6 Å². The zero-order valence-electron chi connectivity index (χ0n) is 10.6. The molecule has 1 aromatic heterocycles. The molecule has 0 aliphatic rings. The van der Waals surface area contributed by atoms with E-state index in [0.29, 0.717) is 10.3 Å². The van der Waals surface area contributed by atoms with E-state index in [1.807, 2.05) is 13.8 Å². The van der Waals surface area contributed by atoms with Gasteiger partial charge in [-0.25, -0.2) is 4.39 Å². The van der Waals surface area contributed by atoms with Crippen LogP contribution >= 0.6 is 15.9 Å². The molecule has 0 saturated carbocycles. The number of nitrogens with zero attached hydrogens (tertiary/aromatic N) is 3. The molecule has 0 aliphatic carbocycles. The number of halogens is 2. The Balaban J connectivity index is 2.25. The molecule has 2 unspecified atom stereocenters. The summed E-state index contributed by atoms with van der Waals surface area (Å²) in [6, 6.07) is 4.66. The normalized spacial score (nSPS) is 14.1. The van der Waals surface area contributed by atoms with Crippen LogP contribution in [0.2, 0.25) is 0 Å². The van der Waals surface area contributed by atoms with Crippen LogP contribution in [0.4, 0.5) is 4.39 Å². The molecule has 1 aromatic carbocycles. The fourth-order valence-corrected chi connectivity index (χ4v) is 1.97. The van der Waals surface area contributed by atoms with E-state index in [0.717, 1.165) is 6.42 Å². The van der Waals surface area contributed by atoms with Crippen LogP contribution in [-0.2, 0) is 0 Å². The summed E-state index contributed by atoms with van der Waals surface area (Å²) in [5.41, 5.74) is 0. The molecule has 19 heavy (non-hydrogen) atoms. The molecular weight excluding hydrogens is 315 g/mol. The Bertz CT molecular complexity index is 535. The van der Waals surface area contributed by atoms with Crippen LogP contribution in [0.15, 0.2) is 22.7 Å². The van der Waals surface area contributed by atoms with Crippen LogP contribution < -0.4 is 4.74 Å². The molecule has 2 rings (SSSR count). The lowest BCUT2D eigenvalue weighted by Crippen LogP contribution is -2.18. The molecule has 0 saturated heterocycles. The van der Waals surface area contributed by atoms with Gasteiger partial charge < -0.3 is 4.74 Å². The molecular formula is C12H14BrFN4O. The molecule has 1 N–H and O–H groups in total. The van der Waals surface area contributed by atoms with E-state index < -0.39 is 11.9 Å².